The van der Waals surface area contributed by atoms with Crippen LogP contribution in [0.4, 0.5) is 5.69 Å². The van der Waals surface area contributed by atoms with Crippen molar-refractivity contribution in [3.8, 4) is 11.5 Å². The molecule has 0 amide bonds. The molecular formula is C29H31NO7. The van der Waals surface area contributed by atoms with E-state index in [-0.39, 0.29) is 6.42 Å². The largest absolute Gasteiger partial charge is 0.497 e. The molecule has 37 heavy (non-hydrogen) atoms. The molecule has 3 aromatic carbocycles. The van der Waals surface area contributed by atoms with Crippen LogP contribution in [0.15, 0.2) is 78.9 Å². The molecule has 0 aliphatic carbocycles. The van der Waals surface area contributed by atoms with Crippen molar-refractivity contribution >= 4 is 17.6 Å². The van der Waals surface area contributed by atoms with Crippen LogP contribution < -0.4 is 14.5 Å². The number of anilines is 1. The number of hydroxylamine groups is 1. The Kier molecular flexibility index (Phi) is 7.98. The van der Waals surface area contributed by atoms with Gasteiger partial charge in [-0.2, -0.15) is 0 Å². The first kappa shape index (κ1) is 26.0. The summed E-state index contributed by atoms with van der Waals surface area (Å²) in [5, 5.41) is 1.64. The Morgan fingerprint density at radius 1 is 0.757 bits per heavy atom. The minimum absolute atomic E-state index is 0.128. The van der Waals surface area contributed by atoms with E-state index in [0.717, 1.165) is 5.56 Å². The van der Waals surface area contributed by atoms with Gasteiger partial charge in [-0.15, -0.1) is 0 Å². The summed E-state index contributed by atoms with van der Waals surface area (Å²) in [6, 6.07) is 23.2. The van der Waals surface area contributed by atoms with Crippen molar-refractivity contribution in [2.24, 2.45) is 5.41 Å². The summed E-state index contributed by atoms with van der Waals surface area (Å²) in [4.78, 5) is 33.9. The summed E-state index contributed by atoms with van der Waals surface area (Å²) in [5.74, 6) is -0.0329. The molecule has 0 unspecified atom stereocenters. The summed E-state index contributed by atoms with van der Waals surface area (Å²) in [7, 11) is 5.73. The Morgan fingerprint density at radius 2 is 1.27 bits per heavy atom. The van der Waals surface area contributed by atoms with Gasteiger partial charge in [0.2, 0.25) is 0 Å². The predicted octanol–water partition coefficient (Wildman–Crippen LogP) is 5.05. The smallest absolute Gasteiger partial charge is 0.325 e. The van der Waals surface area contributed by atoms with E-state index in [1.807, 2.05) is 66.7 Å². The van der Waals surface area contributed by atoms with Gasteiger partial charge in [-0.1, -0.05) is 42.5 Å². The van der Waals surface area contributed by atoms with E-state index in [1.165, 1.54) is 14.2 Å². The van der Waals surface area contributed by atoms with Crippen molar-refractivity contribution in [3.05, 3.63) is 90.0 Å². The van der Waals surface area contributed by atoms with Gasteiger partial charge in [-0.3, -0.25) is 14.4 Å². The summed E-state index contributed by atoms with van der Waals surface area (Å²) < 4.78 is 21.2. The van der Waals surface area contributed by atoms with Gasteiger partial charge in [-0.05, 0) is 60.4 Å². The molecule has 4 rings (SSSR count). The molecule has 0 spiro atoms. The lowest BCUT2D eigenvalue weighted by Crippen LogP contribution is -2.51. The van der Waals surface area contributed by atoms with E-state index < -0.39 is 29.5 Å². The van der Waals surface area contributed by atoms with Crippen molar-refractivity contribution in [2.75, 3.05) is 33.5 Å². The molecule has 1 saturated heterocycles. The quantitative estimate of drug-likeness (QED) is 0.326. The van der Waals surface area contributed by atoms with Gasteiger partial charge in [0.15, 0.2) is 5.41 Å². The van der Waals surface area contributed by atoms with Crippen LogP contribution in [-0.2, 0) is 23.9 Å². The minimum atomic E-state index is -1.71. The molecule has 1 aliphatic heterocycles. The van der Waals surface area contributed by atoms with Gasteiger partial charge in [-0.25, -0.2) is 5.06 Å². The van der Waals surface area contributed by atoms with E-state index in [1.54, 1.807) is 31.4 Å². The van der Waals surface area contributed by atoms with Crippen LogP contribution in [0.1, 0.15) is 36.1 Å². The predicted molar refractivity (Wildman–Crippen MR) is 137 cm³/mol. The molecule has 1 fully saturated rings. The summed E-state index contributed by atoms with van der Waals surface area (Å²) >= 11 is 0. The number of ether oxygens (including phenoxy) is 4. The fourth-order valence-corrected chi connectivity index (χ4v) is 4.86. The van der Waals surface area contributed by atoms with Crippen molar-refractivity contribution in [2.45, 2.75) is 25.0 Å². The molecule has 8 heteroatoms. The third-order valence-electron chi connectivity index (χ3n) is 6.77. The number of para-hydroxylation sites is 1. The van der Waals surface area contributed by atoms with E-state index in [0.29, 0.717) is 29.2 Å². The van der Waals surface area contributed by atoms with Crippen molar-refractivity contribution < 1.29 is 33.4 Å². The average molecular weight is 506 g/mol. The molecule has 0 N–H and O–H groups in total. The first-order valence-electron chi connectivity index (χ1n) is 11.9. The maximum atomic E-state index is 13.6. The van der Waals surface area contributed by atoms with E-state index >= 15 is 0 Å². The Hall–Kier alpha value is -4.04. The number of esters is 2. The van der Waals surface area contributed by atoms with Crippen LogP contribution in [0.5, 0.6) is 11.5 Å². The first-order chi connectivity index (χ1) is 18.0. The number of methoxy groups -OCH3 is 4. The van der Waals surface area contributed by atoms with Gasteiger partial charge < -0.3 is 18.9 Å². The second kappa shape index (κ2) is 11.3. The van der Waals surface area contributed by atoms with Gasteiger partial charge in [0.25, 0.3) is 0 Å². The van der Waals surface area contributed by atoms with Crippen molar-refractivity contribution in [3.63, 3.8) is 0 Å². The average Bonchev–Trinajstić information content (AvgIpc) is 3.15. The maximum absolute atomic E-state index is 13.6. The number of benzene rings is 3. The SMILES string of the molecule is COC(=O)C1(C(=O)OC)CC[C@H](c2ccc(OC)cc2)ON(c2ccccc2)[C@@H]1c1ccc(OC)cc1. The lowest BCUT2D eigenvalue weighted by atomic mass is 9.72. The number of carbonyl (C=O) groups is 2. The first-order valence-corrected chi connectivity index (χ1v) is 11.9. The molecular weight excluding hydrogens is 474 g/mol. The number of carbonyl (C=O) groups excluding carboxylic acids is 2. The second-order valence-corrected chi connectivity index (χ2v) is 8.70. The molecule has 0 radical (unpaired) electrons. The molecule has 0 aromatic heterocycles. The molecule has 0 bridgehead atoms. The molecule has 1 heterocycles. The highest BCUT2D eigenvalue weighted by Gasteiger charge is 2.59. The topological polar surface area (TPSA) is 83.5 Å². The number of rotatable bonds is 7. The molecule has 194 valence electrons. The second-order valence-electron chi connectivity index (χ2n) is 8.70. The monoisotopic (exact) mass is 505 g/mol. The van der Waals surface area contributed by atoms with Crippen LogP contribution in [0.2, 0.25) is 0 Å². The van der Waals surface area contributed by atoms with Crippen LogP contribution in [-0.4, -0.2) is 40.4 Å². The van der Waals surface area contributed by atoms with Gasteiger partial charge in [0.1, 0.15) is 23.6 Å². The van der Waals surface area contributed by atoms with Crippen LogP contribution in [0.3, 0.4) is 0 Å². The zero-order valence-corrected chi connectivity index (χ0v) is 21.4. The van der Waals surface area contributed by atoms with Crippen molar-refractivity contribution in [1.29, 1.82) is 0 Å². The van der Waals surface area contributed by atoms with Crippen molar-refractivity contribution in [1.82, 2.24) is 0 Å². The lowest BCUT2D eigenvalue weighted by molar-refractivity contribution is -0.172. The zero-order valence-electron chi connectivity index (χ0n) is 21.4. The Balaban J connectivity index is 1.94. The highest BCUT2D eigenvalue weighted by atomic mass is 16.7. The third-order valence-corrected chi connectivity index (χ3v) is 6.77. The molecule has 8 nitrogen and oxygen atoms in total. The molecule has 1 aliphatic rings. The molecule has 3 aromatic rings. The highest BCUT2D eigenvalue weighted by Crippen LogP contribution is 2.51. The summed E-state index contributed by atoms with van der Waals surface area (Å²) in [6.45, 7) is 0. The Bertz CT molecular complexity index is 1180. The van der Waals surface area contributed by atoms with Crippen LogP contribution >= 0.6 is 0 Å². The Labute approximate surface area is 216 Å². The van der Waals surface area contributed by atoms with E-state index in [4.69, 9.17) is 23.8 Å². The highest BCUT2D eigenvalue weighted by molar-refractivity contribution is 6.01. The minimum Gasteiger partial charge on any atom is -0.497 e. The lowest BCUT2D eigenvalue weighted by Gasteiger charge is -2.40. The van der Waals surface area contributed by atoms with Crippen LogP contribution in [0.25, 0.3) is 0 Å². The number of hydrogen-bond donors (Lipinski definition) is 0. The fraction of sp³-hybridized carbons (Fsp3) is 0.310. The zero-order chi connectivity index (χ0) is 26.4. The van der Waals surface area contributed by atoms with Crippen LogP contribution in [0, 0.1) is 5.41 Å². The third kappa shape index (κ3) is 4.97. The molecule has 2 atom stereocenters. The normalized spacial score (nSPS) is 18.9. The fourth-order valence-electron chi connectivity index (χ4n) is 4.86. The van der Waals surface area contributed by atoms with E-state index in [9.17, 15) is 9.59 Å². The maximum Gasteiger partial charge on any atom is 0.325 e. The Morgan fingerprint density at radius 3 is 1.76 bits per heavy atom. The summed E-state index contributed by atoms with van der Waals surface area (Å²) in [6.07, 6.45) is 0.0123. The standard InChI is InChI=1S/C29H31NO7/c1-33-23-14-10-20(11-15-23)25-18-19-29(27(31)35-3,28(32)36-4)26(21-12-16-24(34-2)17-13-21)30(37-25)22-8-6-5-7-9-22/h5-17,25-26H,18-19H2,1-4H3/t25-,26-/m1/s1. The molecule has 0 saturated carbocycles. The van der Waals surface area contributed by atoms with Gasteiger partial charge >= 0.3 is 11.9 Å². The number of nitrogens with zero attached hydrogens (tertiary/aromatic N) is 1. The van der Waals surface area contributed by atoms with E-state index in [2.05, 4.69) is 0 Å². The van der Waals surface area contributed by atoms with Gasteiger partial charge in [0.05, 0.1) is 34.1 Å². The number of hydrogen-bond acceptors (Lipinski definition) is 8. The van der Waals surface area contributed by atoms with Gasteiger partial charge in [0, 0.05) is 0 Å². The summed E-state index contributed by atoms with van der Waals surface area (Å²) in [5.41, 5.74) is 0.493.